The number of pyridine rings is 1. The standard InChI is InChI=1S/C16H13N5O4/c22-15-20-19-14-12(18-16(23)24)7-9-6-11(8-17-13(9)21(14)15)25-10-4-2-1-3-5-10/h1-6,8,12,18H,7H2,(H,20,22)(H,23,24). The van der Waals surface area contributed by atoms with Crippen LogP contribution in [-0.4, -0.2) is 30.9 Å². The molecule has 1 unspecified atom stereocenters. The van der Waals surface area contributed by atoms with Crippen molar-refractivity contribution in [3.8, 4) is 17.3 Å². The number of nitrogens with one attached hydrogen (secondary N) is 2. The zero-order valence-electron chi connectivity index (χ0n) is 12.8. The topological polar surface area (TPSA) is 122 Å². The van der Waals surface area contributed by atoms with Crippen LogP contribution in [0.15, 0.2) is 47.4 Å². The highest BCUT2D eigenvalue weighted by Gasteiger charge is 2.30. The van der Waals surface area contributed by atoms with Crippen molar-refractivity contribution in [1.82, 2.24) is 25.1 Å². The van der Waals surface area contributed by atoms with E-state index in [2.05, 4.69) is 20.5 Å². The van der Waals surface area contributed by atoms with Gasteiger partial charge in [-0.15, -0.1) is 0 Å². The van der Waals surface area contributed by atoms with Crippen molar-refractivity contribution in [3.05, 3.63) is 64.5 Å². The van der Waals surface area contributed by atoms with Crippen molar-refractivity contribution >= 4 is 6.09 Å². The molecular formula is C16H13N5O4. The van der Waals surface area contributed by atoms with E-state index in [1.807, 2.05) is 30.3 Å². The molecule has 0 radical (unpaired) electrons. The largest absolute Gasteiger partial charge is 0.465 e. The fourth-order valence-electron chi connectivity index (χ4n) is 2.84. The smallest absolute Gasteiger partial charge is 0.405 e. The molecule has 0 spiro atoms. The molecule has 3 aromatic rings. The molecule has 4 rings (SSSR count). The number of para-hydroxylation sites is 1. The molecule has 2 aromatic heterocycles. The van der Waals surface area contributed by atoms with Crippen molar-refractivity contribution < 1.29 is 14.6 Å². The molecule has 9 heteroatoms. The Labute approximate surface area is 140 Å². The third kappa shape index (κ3) is 2.71. The third-order valence-electron chi connectivity index (χ3n) is 3.84. The maximum atomic E-state index is 12.0. The van der Waals surface area contributed by atoms with Crippen molar-refractivity contribution in [3.63, 3.8) is 0 Å². The average molecular weight is 339 g/mol. The van der Waals surface area contributed by atoms with Gasteiger partial charge < -0.3 is 15.2 Å². The lowest BCUT2D eigenvalue weighted by atomic mass is 10.0. The van der Waals surface area contributed by atoms with Crippen LogP contribution in [0.4, 0.5) is 4.79 Å². The highest BCUT2D eigenvalue weighted by atomic mass is 16.5. The van der Waals surface area contributed by atoms with Gasteiger partial charge in [0.1, 0.15) is 17.3 Å². The Bertz CT molecular complexity index is 995. The first kappa shape index (κ1) is 14.9. The fraction of sp³-hybridized carbons (Fsp3) is 0.125. The van der Waals surface area contributed by atoms with Crippen molar-refractivity contribution in [2.45, 2.75) is 12.5 Å². The van der Waals surface area contributed by atoms with E-state index in [0.29, 0.717) is 29.3 Å². The number of H-pyrrole nitrogens is 1. The second kappa shape index (κ2) is 5.78. The van der Waals surface area contributed by atoms with Gasteiger partial charge in [-0.3, -0.25) is 0 Å². The van der Waals surface area contributed by atoms with Crippen LogP contribution in [0.2, 0.25) is 0 Å². The van der Waals surface area contributed by atoms with Crippen LogP contribution in [0.25, 0.3) is 5.82 Å². The van der Waals surface area contributed by atoms with Crippen LogP contribution in [0.3, 0.4) is 0 Å². The number of carboxylic acid groups (broad SMARTS) is 1. The van der Waals surface area contributed by atoms with E-state index in [0.717, 1.165) is 0 Å². The molecule has 126 valence electrons. The van der Waals surface area contributed by atoms with Crippen LogP contribution in [0.5, 0.6) is 11.5 Å². The normalized spacial score (nSPS) is 15.1. The van der Waals surface area contributed by atoms with Crippen molar-refractivity contribution in [1.29, 1.82) is 0 Å². The monoisotopic (exact) mass is 339 g/mol. The van der Waals surface area contributed by atoms with Crippen LogP contribution in [0.1, 0.15) is 17.4 Å². The summed E-state index contributed by atoms with van der Waals surface area (Å²) >= 11 is 0. The lowest BCUT2D eigenvalue weighted by Crippen LogP contribution is -2.35. The summed E-state index contributed by atoms with van der Waals surface area (Å²) in [6.07, 6.45) is 0.630. The highest BCUT2D eigenvalue weighted by Crippen LogP contribution is 2.30. The van der Waals surface area contributed by atoms with Gasteiger partial charge in [0.05, 0.1) is 12.2 Å². The molecule has 1 aliphatic heterocycles. The first-order valence-electron chi connectivity index (χ1n) is 7.51. The molecular weight excluding hydrogens is 326 g/mol. The zero-order valence-corrected chi connectivity index (χ0v) is 12.8. The Balaban J connectivity index is 1.74. The molecule has 1 amide bonds. The van der Waals surface area contributed by atoms with Gasteiger partial charge in [0, 0.05) is 12.0 Å². The van der Waals surface area contributed by atoms with Crippen molar-refractivity contribution in [2.24, 2.45) is 0 Å². The van der Waals surface area contributed by atoms with Crippen LogP contribution in [0, 0.1) is 0 Å². The maximum Gasteiger partial charge on any atom is 0.405 e. The number of amides is 1. The minimum Gasteiger partial charge on any atom is -0.465 e. The summed E-state index contributed by atoms with van der Waals surface area (Å²) in [6.45, 7) is 0. The number of carbonyl (C=O) groups is 1. The average Bonchev–Trinajstić information content (AvgIpc) is 2.98. The number of benzene rings is 1. The first-order chi connectivity index (χ1) is 12.1. The second-order valence-electron chi connectivity index (χ2n) is 5.50. The van der Waals surface area contributed by atoms with Gasteiger partial charge in [-0.2, -0.15) is 5.10 Å². The number of ether oxygens (including phenoxy) is 1. The lowest BCUT2D eigenvalue weighted by Gasteiger charge is -2.24. The van der Waals surface area contributed by atoms with E-state index in [1.54, 1.807) is 6.07 Å². The lowest BCUT2D eigenvalue weighted by molar-refractivity contribution is 0.188. The predicted molar refractivity (Wildman–Crippen MR) is 86.1 cm³/mol. The van der Waals surface area contributed by atoms with E-state index < -0.39 is 17.8 Å². The summed E-state index contributed by atoms with van der Waals surface area (Å²) in [5, 5.41) is 17.6. The van der Waals surface area contributed by atoms with Gasteiger partial charge in [-0.1, -0.05) is 18.2 Å². The number of nitrogens with zero attached hydrogens (tertiary/aromatic N) is 3. The fourth-order valence-corrected chi connectivity index (χ4v) is 2.84. The quantitative estimate of drug-likeness (QED) is 0.666. The van der Waals surface area contributed by atoms with Gasteiger partial charge in [-0.25, -0.2) is 24.2 Å². The Kier molecular flexibility index (Phi) is 3.46. The molecule has 1 atom stereocenters. The summed E-state index contributed by atoms with van der Waals surface area (Å²) < 4.78 is 7.02. The first-order valence-corrected chi connectivity index (χ1v) is 7.51. The molecule has 3 heterocycles. The molecule has 3 N–H and O–H groups in total. The maximum absolute atomic E-state index is 12.0. The second-order valence-corrected chi connectivity index (χ2v) is 5.50. The molecule has 0 saturated carbocycles. The molecule has 0 fully saturated rings. The summed E-state index contributed by atoms with van der Waals surface area (Å²) in [5.74, 6) is 1.85. The Morgan fingerprint density at radius 2 is 2.12 bits per heavy atom. The number of fused-ring (bicyclic) bond motifs is 3. The Morgan fingerprint density at radius 1 is 1.32 bits per heavy atom. The van der Waals surface area contributed by atoms with Crippen LogP contribution >= 0.6 is 0 Å². The van der Waals surface area contributed by atoms with E-state index in [9.17, 15) is 9.59 Å². The Morgan fingerprint density at radius 3 is 2.88 bits per heavy atom. The van der Waals surface area contributed by atoms with Crippen LogP contribution in [-0.2, 0) is 6.42 Å². The van der Waals surface area contributed by atoms with Gasteiger partial charge in [0.15, 0.2) is 5.82 Å². The number of aromatic amines is 1. The van der Waals surface area contributed by atoms with Gasteiger partial charge >= 0.3 is 11.8 Å². The SMILES string of the molecule is O=C(O)NC1Cc2cc(Oc3ccccc3)cnc2-n2c1n[nH]c2=O. The van der Waals surface area contributed by atoms with E-state index >= 15 is 0 Å². The van der Waals surface area contributed by atoms with Gasteiger partial charge in [0.25, 0.3) is 0 Å². The van der Waals surface area contributed by atoms with E-state index in [1.165, 1.54) is 10.8 Å². The number of hydrogen-bond acceptors (Lipinski definition) is 5. The minimum atomic E-state index is -1.19. The van der Waals surface area contributed by atoms with Crippen LogP contribution < -0.4 is 15.7 Å². The molecule has 25 heavy (non-hydrogen) atoms. The van der Waals surface area contributed by atoms with Gasteiger partial charge in [0.2, 0.25) is 0 Å². The summed E-state index contributed by atoms with van der Waals surface area (Å²) in [5.41, 5.74) is 0.209. The van der Waals surface area contributed by atoms with Crippen molar-refractivity contribution in [2.75, 3.05) is 0 Å². The predicted octanol–water partition coefficient (Wildman–Crippen LogP) is 1.61. The summed E-state index contributed by atoms with van der Waals surface area (Å²) in [7, 11) is 0. The molecule has 1 aliphatic rings. The molecule has 0 bridgehead atoms. The number of aromatic nitrogens is 4. The minimum absolute atomic E-state index is 0.282. The molecule has 0 saturated heterocycles. The Hall–Kier alpha value is -3.62. The van der Waals surface area contributed by atoms with Gasteiger partial charge in [-0.05, 0) is 18.2 Å². The zero-order chi connectivity index (χ0) is 17.4. The third-order valence-corrected chi connectivity index (χ3v) is 3.84. The molecule has 0 aliphatic carbocycles. The highest BCUT2D eigenvalue weighted by molar-refractivity contribution is 5.65. The summed E-state index contributed by atoms with van der Waals surface area (Å²) in [6, 6.07) is 10.3. The van der Waals surface area contributed by atoms with E-state index in [-0.39, 0.29) is 5.82 Å². The summed E-state index contributed by atoms with van der Waals surface area (Å²) in [4.78, 5) is 27.4. The number of rotatable bonds is 3. The molecule has 1 aromatic carbocycles. The number of hydrogen-bond donors (Lipinski definition) is 3. The molecule has 9 nitrogen and oxygen atoms in total. The van der Waals surface area contributed by atoms with E-state index in [4.69, 9.17) is 9.84 Å².